The number of aliphatic carboxylic acids is 2. The highest BCUT2D eigenvalue weighted by Crippen LogP contribution is 2.46. The molecule has 0 bridgehead atoms. The molecule has 0 aliphatic heterocycles. The highest BCUT2D eigenvalue weighted by atomic mass is 32.1. The summed E-state index contributed by atoms with van der Waals surface area (Å²) >= 11 is 3.35. The second-order valence-corrected chi connectivity index (χ2v) is 20.3. The van der Waals surface area contributed by atoms with E-state index in [4.69, 9.17) is 9.05 Å². The quantitative estimate of drug-likeness (QED) is 0.138. The first-order chi connectivity index (χ1) is 29.0. The van der Waals surface area contributed by atoms with E-state index in [1.54, 1.807) is 22.7 Å². The van der Waals surface area contributed by atoms with Crippen molar-refractivity contribution in [1.29, 1.82) is 0 Å². The van der Waals surface area contributed by atoms with E-state index in [1.807, 2.05) is 0 Å². The molecule has 2 atom stereocenters. The second kappa shape index (κ2) is 17.1. The molecule has 0 radical (unpaired) electrons. The Bertz CT molecular complexity index is 2250. The Hall–Kier alpha value is -4.56. The normalized spacial score (nSPS) is 21.6. The lowest BCUT2D eigenvalue weighted by molar-refractivity contribution is -0.134. The molecule has 60 heavy (non-hydrogen) atoms. The van der Waals surface area contributed by atoms with Gasteiger partial charge in [-0.25, -0.2) is 9.59 Å². The van der Waals surface area contributed by atoms with Crippen molar-refractivity contribution in [3.8, 4) is 22.9 Å². The molecular weight excluding hydrogens is 801 g/mol. The molecule has 10 rings (SSSR count). The molecule has 2 N–H and O–H groups in total. The standard InChI is InChI=1S/2C23H26N2O4S/c2*1-12-6-9-16-18(10-12)30-19(20(16)22-24-21(25-29-22)13-7-8-13)11-17(26)14-4-2-3-5-15(14)23(27)28/h2*12-13H,2-11H2,1H3,(H,27,28)/t2*12-/m10/s1. The summed E-state index contributed by atoms with van der Waals surface area (Å²) in [5.41, 5.74) is 6.01. The lowest BCUT2D eigenvalue weighted by atomic mass is 9.86. The van der Waals surface area contributed by atoms with Gasteiger partial charge in [-0.3, -0.25) is 9.59 Å². The van der Waals surface area contributed by atoms with Crippen molar-refractivity contribution < 1.29 is 38.4 Å². The second-order valence-electron chi connectivity index (χ2n) is 17.9. The monoisotopic (exact) mass is 852 g/mol. The maximum absolute atomic E-state index is 13.2. The summed E-state index contributed by atoms with van der Waals surface area (Å²) in [6.45, 7) is 4.52. The van der Waals surface area contributed by atoms with Gasteiger partial charge in [-0.15, -0.1) is 22.7 Å². The number of fused-ring (bicyclic) bond motifs is 2. The number of carboxylic acid groups (broad SMARTS) is 2. The van der Waals surface area contributed by atoms with Gasteiger partial charge in [0, 0.05) is 66.5 Å². The number of hydrogen-bond acceptors (Lipinski definition) is 12. The summed E-state index contributed by atoms with van der Waals surface area (Å²) in [6, 6.07) is 0. The Morgan fingerprint density at radius 1 is 0.567 bits per heavy atom. The first kappa shape index (κ1) is 40.8. The Balaban J connectivity index is 0.000000154. The summed E-state index contributed by atoms with van der Waals surface area (Å²) in [5, 5.41) is 27.5. The van der Waals surface area contributed by atoms with Crippen LogP contribution < -0.4 is 0 Å². The van der Waals surface area contributed by atoms with Crippen molar-refractivity contribution in [2.24, 2.45) is 11.8 Å². The van der Waals surface area contributed by atoms with Crippen molar-refractivity contribution in [1.82, 2.24) is 20.3 Å². The average Bonchev–Trinajstić information content (AvgIpc) is 4.09. The molecule has 4 aromatic rings. The minimum absolute atomic E-state index is 0.0677. The fourth-order valence-electron chi connectivity index (χ4n) is 9.45. The molecule has 0 unspecified atom stereocenters. The van der Waals surface area contributed by atoms with E-state index in [0.717, 1.165) is 122 Å². The zero-order valence-electron chi connectivity index (χ0n) is 34.4. The van der Waals surface area contributed by atoms with Crippen LogP contribution >= 0.6 is 22.7 Å². The lowest BCUT2D eigenvalue weighted by Crippen LogP contribution is -2.17. The molecule has 0 amide bonds. The molecule has 0 spiro atoms. The Morgan fingerprint density at radius 2 is 0.950 bits per heavy atom. The van der Waals surface area contributed by atoms with Crippen LogP contribution in [0.25, 0.3) is 22.9 Å². The number of carbonyl (C=O) groups is 4. The predicted octanol–water partition coefficient (Wildman–Crippen LogP) is 9.73. The van der Waals surface area contributed by atoms with Crippen LogP contribution in [0.1, 0.15) is 158 Å². The van der Waals surface area contributed by atoms with E-state index in [1.165, 1.54) is 20.9 Å². The first-order valence-corrected chi connectivity index (χ1v) is 23.6. The van der Waals surface area contributed by atoms with Crippen molar-refractivity contribution in [2.75, 3.05) is 0 Å². The SMILES string of the molecule is C[C@@H]1CCc2c(sc(CC(=O)C3=C(C(=O)O)CCCC3)c2-c2nc(C3CC3)no2)C1.C[C@H]1CCc2c(sc(CC(=O)C3=C(C(=O)O)CCCC3)c2-c2nc(C3CC3)no2)C1. The lowest BCUT2D eigenvalue weighted by Gasteiger charge is -2.18. The van der Waals surface area contributed by atoms with Gasteiger partial charge in [0.05, 0.1) is 11.1 Å². The Labute approximate surface area is 356 Å². The zero-order chi connectivity index (χ0) is 41.7. The van der Waals surface area contributed by atoms with Gasteiger partial charge in [-0.05, 0) is 139 Å². The number of ketones is 2. The molecule has 0 saturated heterocycles. The van der Waals surface area contributed by atoms with Crippen molar-refractivity contribution in [3.63, 3.8) is 0 Å². The van der Waals surface area contributed by atoms with E-state index < -0.39 is 11.9 Å². The smallest absolute Gasteiger partial charge is 0.331 e. The van der Waals surface area contributed by atoms with Crippen molar-refractivity contribution >= 4 is 46.2 Å². The van der Waals surface area contributed by atoms with Gasteiger partial charge < -0.3 is 19.3 Å². The van der Waals surface area contributed by atoms with Crippen LogP contribution in [0.15, 0.2) is 31.3 Å². The first-order valence-electron chi connectivity index (χ1n) is 21.9. The Kier molecular flexibility index (Phi) is 11.6. The molecule has 6 aliphatic rings. The van der Waals surface area contributed by atoms with Gasteiger partial charge in [-0.2, -0.15) is 9.97 Å². The molecule has 12 nitrogen and oxygen atoms in total. The van der Waals surface area contributed by atoms with E-state index in [0.29, 0.717) is 83.4 Å². The van der Waals surface area contributed by atoms with Gasteiger partial charge in [0.15, 0.2) is 23.2 Å². The van der Waals surface area contributed by atoms with Crippen LogP contribution in [0.5, 0.6) is 0 Å². The molecular formula is C46H52N4O8S2. The topological polar surface area (TPSA) is 187 Å². The molecule has 0 aromatic carbocycles. The number of aromatic nitrogens is 4. The molecule has 2 saturated carbocycles. The van der Waals surface area contributed by atoms with Gasteiger partial charge >= 0.3 is 11.9 Å². The summed E-state index contributed by atoms with van der Waals surface area (Å²) in [4.78, 5) is 63.5. The fraction of sp³-hybridized carbons (Fsp3) is 0.565. The van der Waals surface area contributed by atoms with Crippen molar-refractivity contribution in [2.45, 2.75) is 154 Å². The highest BCUT2D eigenvalue weighted by Gasteiger charge is 2.35. The van der Waals surface area contributed by atoms with Gasteiger partial charge in [0.2, 0.25) is 0 Å². The molecule has 2 fully saturated rings. The summed E-state index contributed by atoms with van der Waals surface area (Å²) < 4.78 is 11.3. The molecule has 4 heterocycles. The van der Waals surface area contributed by atoms with E-state index in [-0.39, 0.29) is 24.4 Å². The summed E-state index contributed by atoms with van der Waals surface area (Å²) in [6.07, 6.45) is 16.5. The number of allylic oxidation sites excluding steroid dienone is 2. The van der Waals surface area contributed by atoms with Crippen LogP contribution in [0.2, 0.25) is 0 Å². The van der Waals surface area contributed by atoms with Crippen LogP contribution in [-0.2, 0) is 57.7 Å². The number of nitrogens with zero attached hydrogens (tertiary/aromatic N) is 4. The summed E-state index contributed by atoms with van der Waals surface area (Å²) in [7, 11) is 0. The van der Waals surface area contributed by atoms with Gasteiger partial charge in [0.25, 0.3) is 11.8 Å². The zero-order valence-corrected chi connectivity index (χ0v) is 36.0. The van der Waals surface area contributed by atoms with Gasteiger partial charge in [0.1, 0.15) is 0 Å². The third-order valence-electron chi connectivity index (χ3n) is 13.1. The molecule has 6 aliphatic carbocycles. The third-order valence-corrected chi connectivity index (χ3v) is 15.6. The fourth-order valence-corrected chi connectivity index (χ4v) is 12.5. The maximum atomic E-state index is 13.2. The number of carbonyl (C=O) groups excluding carboxylic acids is 2. The number of thiophene rings is 2. The number of carboxylic acids is 2. The van der Waals surface area contributed by atoms with Crippen LogP contribution in [0.3, 0.4) is 0 Å². The summed E-state index contributed by atoms with van der Waals surface area (Å²) in [5.74, 6) is 2.62. The molecule has 316 valence electrons. The van der Waals surface area contributed by atoms with Crippen LogP contribution in [0, 0.1) is 11.8 Å². The van der Waals surface area contributed by atoms with E-state index in [9.17, 15) is 29.4 Å². The minimum Gasteiger partial charge on any atom is -0.478 e. The van der Waals surface area contributed by atoms with Crippen molar-refractivity contribution in [3.05, 3.63) is 64.6 Å². The maximum Gasteiger partial charge on any atom is 0.331 e. The van der Waals surface area contributed by atoms with Gasteiger partial charge in [-0.1, -0.05) is 24.2 Å². The predicted molar refractivity (Wildman–Crippen MR) is 225 cm³/mol. The number of rotatable bonds is 12. The largest absolute Gasteiger partial charge is 0.478 e. The molecule has 4 aromatic heterocycles. The highest BCUT2D eigenvalue weighted by molar-refractivity contribution is 7.13. The molecule has 14 heteroatoms. The average molecular weight is 853 g/mol. The minimum atomic E-state index is -0.955. The van der Waals surface area contributed by atoms with Crippen LogP contribution in [0.4, 0.5) is 0 Å². The van der Waals surface area contributed by atoms with E-state index >= 15 is 0 Å². The Morgan fingerprint density at radius 3 is 1.32 bits per heavy atom. The number of Topliss-reactive ketones (excluding diaryl/α,β-unsaturated/α-hetero) is 2. The van der Waals surface area contributed by atoms with Crippen LogP contribution in [-0.4, -0.2) is 54.0 Å². The number of hydrogen-bond donors (Lipinski definition) is 2. The van der Waals surface area contributed by atoms with E-state index in [2.05, 4.69) is 34.1 Å². The third kappa shape index (κ3) is 8.51.